The Balaban J connectivity index is 1.74. The minimum Gasteiger partial charge on any atom is -0.491 e. The van der Waals surface area contributed by atoms with Gasteiger partial charge in [0.05, 0.1) is 17.6 Å². The molecule has 0 aliphatic rings. The summed E-state index contributed by atoms with van der Waals surface area (Å²) < 4.78 is 7.89. The SMILES string of the molecule is CCCc1nc2ccccc2n1C[C@@H](O)COc1ccccc1C. The summed E-state index contributed by atoms with van der Waals surface area (Å²) in [6.07, 6.45) is 1.34. The highest BCUT2D eigenvalue weighted by atomic mass is 16.5. The van der Waals surface area contributed by atoms with E-state index < -0.39 is 6.10 Å². The number of fused-ring (bicyclic) bond motifs is 1. The number of aryl methyl sites for hydroxylation is 2. The van der Waals surface area contributed by atoms with Crippen LogP contribution in [-0.4, -0.2) is 27.4 Å². The van der Waals surface area contributed by atoms with Gasteiger partial charge in [0.25, 0.3) is 0 Å². The summed E-state index contributed by atoms with van der Waals surface area (Å²) in [6, 6.07) is 15.9. The second-order valence-corrected chi connectivity index (χ2v) is 6.11. The fraction of sp³-hybridized carbons (Fsp3) is 0.350. The van der Waals surface area contributed by atoms with Gasteiger partial charge in [-0.3, -0.25) is 0 Å². The van der Waals surface area contributed by atoms with Crippen molar-refractivity contribution in [2.24, 2.45) is 0 Å². The van der Waals surface area contributed by atoms with Gasteiger partial charge in [0.2, 0.25) is 0 Å². The van der Waals surface area contributed by atoms with Crippen molar-refractivity contribution in [3.63, 3.8) is 0 Å². The van der Waals surface area contributed by atoms with Crippen LogP contribution in [0.25, 0.3) is 11.0 Å². The standard InChI is InChI=1S/C20H24N2O2/c1-3-8-20-21-17-10-5-6-11-18(17)22(20)13-16(23)14-24-19-12-7-4-9-15(19)2/h4-7,9-12,16,23H,3,8,13-14H2,1-2H3/t16-/m1/s1. The smallest absolute Gasteiger partial charge is 0.122 e. The number of para-hydroxylation sites is 3. The Labute approximate surface area is 142 Å². The number of aromatic nitrogens is 2. The molecular weight excluding hydrogens is 300 g/mol. The third kappa shape index (κ3) is 3.60. The highest BCUT2D eigenvalue weighted by Crippen LogP contribution is 2.19. The Bertz CT molecular complexity index is 810. The van der Waals surface area contributed by atoms with Crippen molar-refractivity contribution < 1.29 is 9.84 Å². The van der Waals surface area contributed by atoms with Gasteiger partial charge in [0, 0.05) is 6.42 Å². The number of aliphatic hydroxyl groups excluding tert-OH is 1. The van der Waals surface area contributed by atoms with Crippen LogP contribution in [0, 0.1) is 6.92 Å². The van der Waals surface area contributed by atoms with Gasteiger partial charge in [-0.2, -0.15) is 0 Å². The zero-order valence-corrected chi connectivity index (χ0v) is 14.3. The molecule has 1 atom stereocenters. The van der Waals surface area contributed by atoms with Crippen LogP contribution in [0.2, 0.25) is 0 Å². The molecule has 0 fully saturated rings. The van der Waals surface area contributed by atoms with Crippen molar-refractivity contribution in [3.8, 4) is 5.75 Å². The van der Waals surface area contributed by atoms with Gasteiger partial charge >= 0.3 is 0 Å². The molecule has 1 aromatic heterocycles. The Kier molecular flexibility index (Phi) is 5.16. The van der Waals surface area contributed by atoms with E-state index in [4.69, 9.17) is 9.72 Å². The number of imidazole rings is 1. The number of ether oxygens (including phenoxy) is 1. The molecule has 1 heterocycles. The quantitative estimate of drug-likeness (QED) is 0.720. The zero-order valence-electron chi connectivity index (χ0n) is 14.3. The second-order valence-electron chi connectivity index (χ2n) is 6.11. The van der Waals surface area contributed by atoms with Crippen molar-refractivity contribution in [3.05, 3.63) is 59.9 Å². The van der Waals surface area contributed by atoms with Crippen LogP contribution in [0.4, 0.5) is 0 Å². The van der Waals surface area contributed by atoms with Crippen LogP contribution in [0.15, 0.2) is 48.5 Å². The van der Waals surface area contributed by atoms with E-state index in [2.05, 4.69) is 17.6 Å². The maximum atomic E-state index is 10.5. The molecule has 24 heavy (non-hydrogen) atoms. The maximum Gasteiger partial charge on any atom is 0.122 e. The first-order chi connectivity index (χ1) is 11.7. The van der Waals surface area contributed by atoms with Crippen LogP contribution in [-0.2, 0) is 13.0 Å². The molecule has 0 aliphatic carbocycles. The number of hydrogen-bond acceptors (Lipinski definition) is 3. The molecule has 0 radical (unpaired) electrons. The summed E-state index contributed by atoms with van der Waals surface area (Å²) in [5.74, 6) is 1.84. The second kappa shape index (κ2) is 7.49. The first-order valence-electron chi connectivity index (χ1n) is 8.49. The van der Waals surface area contributed by atoms with Crippen LogP contribution >= 0.6 is 0 Å². The molecule has 3 rings (SSSR count). The van der Waals surface area contributed by atoms with E-state index in [0.29, 0.717) is 6.54 Å². The molecule has 0 saturated heterocycles. The molecular formula is C20H24N2O2. The first-order valence-corrected chi connectivity index (χ1v) is 8.49. The highest BCUT2D eigenvalue weighted by molar-refractivity contribution is 5.75. The Hall–Kier alpha value is -2.33. The Morgan fingerprint density at radius 3 is 2.67 bits per heavy atom. The van der Waals surface area contributed by atoms with E-state index in [0.717, 1.165) is 41.0 Å². The highest BCUT2D eigenvalue weighted by Gasteiger charge is 2.14. The van der Waals surface area contributed by atoms with E-state index >= 15 is 0 Å². The van der Waals surface area contributed by atoms with Crippen LogP contribution in [0.5, 0.6) is 5.75 Å². The molecule has 0 bridgehead atoms. The van der Waals surface area contributed by atoms with Crippen molar-refractivity contribution in [2.75, 3.05) is 6.61 Å². The van der Waals surface area contributed by atoms with E-state index in [1.165, 1.54) is 0 Å². The molecule has 0 saturated carbocycles. The lowest BCUT2D eigenvalue weighted by molar-refractivity contribution is 0.0924. The number of hydrogen-bond donors (Lipinski definition) is 1. The summed E-state index contributed by atoms with van der Waals surface area (Å²) in [7, 11) is 0. The summed E-state index contributed by atoms with van der Waals surface area (Å²) in [6.45, 7) is 4.90. The predicted molar refractivity (Wildman–Crippen MR) is 96.4 cm³/mol. The van der Waals surface area contributed by atoms with E-state index in [-0.39, 0.29) is 6.61 Å². The maximum absolute atomic E-state index is 10.5. The average Bonchev–Trinajstić information content (AvgIpc) is 2.92. The van der Waals surface area contributed by atoms with Gasteiger partial charge in [-0.15, -0.1) is 0 Å². The van der Waals surface area contributed by atoms with Gasteiger partial charge < -0.3 is 14.4 Å². The number of rotatable bonds is 7. The minimum atomic E-state index is -0.585. The molecule has 0 aliphatic heterocycles. The van der Waals surface area contributed by atoms with E-state index in [1.54, 1.807) is 0 Å². The monoisotopic (exact) mass is 324 g/mol. The molecule has 1 N–H and O–H groups in total. The Morgan fingerprint density at radius 2 is 1.88 bits per heavy atom. The summed E-state index contributed by atoms with van der Waals surface area (Å²) in [4.78, 5) is 4.70. The lowest BCUT2D eigenvalue weighted by Crippen LogP contribution is -2.24. The Morgan fingerprint density at radius 1 is 1.12 bits per heavy atom. The topological polar surface area (TPSA) is 47.3 Å². The van der Waals surface area contributed by atoms with E-state index in [1.807, 2.05) is 49.4 Å². The van der Waals surface area contributed by atoms with Crippen LogP contribution in [0.3, 0.4) is 0 Å². The van der Waals surface area contributed by atoms with Gasteiger partial charge in [-0.05, 0) is 37.1 Å². The lowest BCUT2D eigenvalue weighted by Gasteiger charge is -2.16. The predicted octanol–water partition coefficient (Wildman–Crippen LogP) is 3.74. The molecule has 0 spiro atoms. The normalized spacial score (nSPS) is 12.5. The molecule has 4 heteroatoms. The molecule has 126 valence electrons. The molecule has 4 nitrogen and oxygen atoms in total. The van der Waals surface area contributed by atoms with Crippen molar-refractivity contribution >= 4 is 11.0 Å². The first kappa shape index (κ1) is 16.5. The van der Waals surface area contributed by atoms with Crippen LogP contribution < -0.4 is 4.74 Å². The summed E-state index contributed by atoms with van der Waals surface area (Å²) in [5, 5.41) is 10.5. The van der Waals surface area contributed by atoms with Crippen LogP contribution in [0.1, 0.15) is 24.7 Å². The van der Waals surface area contributed by atoms with Gasteiger partial charge in [0.1, 0.15) is 24.3 Å². The third-order valence-corrected chi connectivity index (χ3v) is 4.13. The third-order valence-electron chi connectivity index (χ3n) is 4.13. The van der Waals surface area contributed by atoms with Gasteiger partial charge in [-0.1, -0.05) is 37.3 Å². The number of benzene rings is 2. The van der Waals surface area contributed by atoms with Crippen molar-refractivity contribution in [1.82, 2.24) is 9.55 Å². The summed E-state index contributed by atoms with van der Waals surface area (Å²) in [5.41, 5.74) is 3.12. The number of nitrogens with zero attached hydrogens (tertiary/aromatic N) is 2. The fourth-order valence-corrected chi connectivity index (χ4v) is 2.91. The van der Waals surface area contributed by atoms with Gasteiger partial charge in [-0.25, -0.2) is 4.98 Å². The molecule has 3 aromatic rings. The van der Waals surface area contributed by atoms with Crippen molar-refractivity contribution in [2.45, 2.75) is 39.3 Å². The molecule has 0 unspecified atom stereocenters. The largest absolute Gasteiger partial charge is 0.491 e. The lowest BCUT2D eigenvalue weighted by atomic mass is 10.2. The van der Waals surface area contributed by atoms with Gasteiger partial charge in [0.15, 0.2) is 0 Å². The fourth-order valence-electron chi connectivity index (χ4n) is 2.91. The minimum absolute atomic E-state index is 0.267. The molecule has 2 aromatic carbocycles. The van der Waals surface area contributed by atoms with Crippen molar-refractivity contribution in [1.29, 1.82) is 0 Å². The number of aliphatic hydroxyl groups is 1. The zero-order chi connectivity index (χ0) is 16.9. The molecule has 0 amide bonds. The average molecular weight is 324 g/mol. The summed E-state index contributed by atoms with van der Waals surface area (Å²) >= 11 is 0. The van der Waals surface area contributed by atoms with E-state index in [9.17, 15) is 5.11 Å².